The van der Waals surface area contributed by atoms with Gasteiger partial charge in [-0.1, -0.05) is 12.1 Å². The van der Waals surface area contributed by atoms with Crippen molar-refractivity contribution in [1.29, 1.82) is 0 Å². The van der Waals surface area contributed by atoms with Gasteiger partial charge >= 0.3 is 0 Å². The Bertz CT molecular complexity index is 502. The van der Waals surface area contributed by atoms with Crippen molar-refractivity contribution in [2.24, 2.45) is 0 Å². The first kappa shape index (κ1) is 16.4. The number of benzene rings is 1. The number of hydrogen-bond donors (Lipinski definition) is 2. The quantitative estimate of drug-likeness (QED) is 0.654. The monoisotopic (exact) mass is 299 g/mol. The molecule has 2 N–H and O–H groups in total. The molecule has 1 heterocycles. The van der Waals surface area contributed by atoms with Crippen LogP contribution in [-0.2, 0) is 11.3 Å². The number of rotatable bonds is 4. The van der Waals surface area contributed by atoms with Crippen LogP contribution in [0.3, 0.4) is 0 Å². The molecule has 1 unspecified atom stereocenters. The number of hydrogen-bond acceptors (Lipinski definition) is 4. The van der Waals surface area contributed by atoms with Crippen LogP contribution in [-0.4, -0.2) is 23.4 Å². The van der Waals surface area contributed by atoms with Crippen molar-refractivity contribution in [2.45, 2.75) is 32.4 Å². The third-order valence-corrected chi connectivity index (χ3v) is 3.44. The fourth-order valence-electron chi connectivity index (χ4n) is 2.27. The predicted molar refractivity (Wildman–Crippen MR) is 78.0 cm³/mol. The smallest absolute Gasteiger partial charge is 0.272 e. The highest BCUT2D eigenvalue weighted by Gasteiger charge is 2.22. The summed E-state index contributed by atoms with van der Waals surface area (Å²) < 4.78 is 0. The van der Waals surface area contributed by atoms with Gasteiger partial charge < -0.3 is 10.6 Å². The van der Waals surface area contributed by atoms with Gasteiger partial charge in [-0.15, -0.1) is 12.4 Å². The van der Waals surface area contributed by atoms with Crippen molar-refractivity contribution in [3.05, 3.63) is 39.4 Å². The Hall–Kier alpha value is -1.66. The zero-order valence-corrected chi connectivity index (χ0v) is 12.0. The number of carbonyl (C=O) groups excluding carboxylic acids is 1. The third kappa shape index (κ3) is 3.68. The van der Waals surface area contributed by atoms with E-state index in [1.54, 1.807) is 19.1 Å². The molecule has 0 bridgehead atoms. The van der Waals surface area contributed by atoms with Gasteiger partial charge in [0.15, 0.2) is 0 Å². The Morgan fingerprint density at radius 2 is 2.30 bits per heavy atom. The molecule has 1 aromatic rings. The van der Waals surface area contributed by atoms with Crippen LogP contribution in [0.5, 0.6) is 0 Å². The zero-order chi connectivity index (χ0) is 13.8. The number of amides is 1. The van der Waals surface area contributed by atoms with E-state index >= 15 is 0 Å². The molecule has 110 valence electrons. The van der Waals surface area contributed by atoms with Crippen molar-refractivity contribution in [3.63, 3.8) is 0 Å². The molecule has 1 aliphatic heterocycles. The average molecular weight is 300 g/mol. The Morgan fingerprint density at radius 3 is 2.90 bits per heavy atom. The van der Waals surface area contributed by atoms with Crippen molar-refractivity contribution >= 4 is 24.0 Å². The Balaban J connectivity index is 0.00000200. The summed E-state index contributed by atoms with van der Waals surface area (Å²) in [4.78, 5) is 22.3. The van der Waals surface area contributed by atoms with Gasteiger partial charge in [0.2, 0.25) is 5.91 Å². The summed E-state index contributed by atoms with van der Waals surface area (Å²) >= 11 is 0. The molecule has 0 aromatic heterocycles. The summed E-state index contributed by atoms with van der Waals surface area (Å²) in [5, 5.41) is 16.8. The van der Waals surface area contributed by atoms with Gasteiger partial charge in [0, 0.05) is 18.2 Å². The Kier molecular flexibility index (Phi) is 5.91. The Labute approximate surface area is 123 Å². The molecule has 7 heteroatoms. The van der Waals surface area contributed by atoms with Crippen LogP contribution in [0.4, 0.5) is 5.69 Å². The minimum absolute atomic E-state index is 0. The van der Waals surface area contributed by atoms with Gasteiger partial charge in [0.05, 0.1) is 11.0 Å². The molecular weight excluding hydrogens is 282 g/mol. The van der Waals surface area contributed by atoms with Gasteiger partial charge in [-0.2, -0.15) is 0 Å². The van der Waals surface area contributed by atoms with Gasteiger partial charge in [0.25, 0.3) is 5.69 Å². The zero-order valence-electron chi connectivity index (χ0n) is 11.2. The summed E-state index contributed by atoms with van der Waals surface area (Å²) in [5.74, 6) is -0.0385. The number of nitro groups is 1. The Morgan fingerprint density at radius 1 is 1.55 bits per heavy atom. The summed E-state index contributed by atoms with van der Waals surface area (Å²) in [6.45, 7) is 2.89. The fourth-order valence-corrected chi connectivity index (χ4v) is 2.27. The average Bonchev–Trinajstić information content (AvgIpc) is 2.90. The van der Waals surface area contributed by atoms with Gasteiger partial charge in [-0.3, -0.25) is 14.9 Å². The second kappa shape index (κ2) is 7.21. The number of nitrogens with one attached hydrogen (secondary N) is 2. The maximum atomic E-state index is 11.8. The van der Waals surface area contributed by atoms with E-state index in [2.05, 4.69) is 10.6 Å². The summed E-state index contributed by atoms with van der Waals surface area (Å²) in [6, 6.07) is 4.78. The molecule has 0 spiro atoms. The third-order valence-electron chi connectivity index (χ3n) is 3.44. The lowest BCUT2D eigenvalue weighted by molar-refractivity contribution is -0.385. The summed E-state index contributed by atoms with van der Waals surface area (Å²) in [7, 11) is 0. The van der Waals surface area contributed by atoms with Crippen molar-refractivity contribution in [2.75, 3.05) is 6.54 Å². The molecule has 0 saturated carbocycles. The van der Waals surface area contributed by atoms with E-state index in [4.69, 9.17) is 0 Å². The van der Waals surface area contributed by atoms with E-state index < -0.39 is 4.92 Å². The second-order valence-electron chi connectivity index (χ2n) is 4.69. The predicted octanol–water partition coefficient (Wildman–Crippen LogP) is 1.69. The van der Waals surface area contributed by atoms with Gasteiger partial charge in [0.1, 0.15) is 0 Å². The van der Waals surface area contributed by atoms with E-state index in [9.17, 15) is 14.9 Å². The van der Waals surface area contributed by atoms with E-state index in [1.165, 1.54) is 6.07 Å². The van der Waals surface area contributed by atoms with Crippen LogP contribution in [0.2, 0.25) is 0 Å². The molecule has 1 fully saturated rings. The van der Waals surface area contributed by atoms with Crippen LogP contribution in [0.25, 0.3) is 0 Å². The molecule has 20 heavy (non-hydrogen) atoms. The lowest BCUT2D eigenvalue weighted by Crippen LogP contribution is -2.40. The molecular formula is C13H18ClN3O3. The highest BCUT2D eigenvalue weighted by atomic mass is 35.5. The van der Waals surface area contributed by atoms with Crippen molar-refractivity contribution in [1.82, 2.24) is 10.6 Å². The second-order valence-corrected chi connectivity index (χ2v) is 4.69. The van der Waals surface area contributed by atoms with Crippen LogP contribution < -0.4 is 10.6 Å². The number of carbonyl (C=O) groups is 1. The SMILES string of the molecule is Cc1c(CNC(=O)C2CCCN2)cccc1[N+](=O)[O-].Cl. The standard InChI is InChI=1S/C13H17N3O3.ClH/c1-9-10(4-2-6-12(9)16(18)19)8-15-13(17)11-5-3-7-14-11;/h2,4,6,11,14H,3,5,7-8H2,1H3,(H,15,17);1H. The summed E-state index contributed by atoms with van der Waals surface area (Å²) in [5.41, 5.74) is 1.47. The van der Waals surface area contributed by atoms with E-state index in [-0.39, 0.29) is 30.0 Å². The van der Waals surface area contributed by atoms with Crippen LogP contribution in [0, 0.1) is 17.0 Å². The van der Waals surface area contributed by atoms with Gasteiger partial charge in [-0.25, -0.2) is 0 Å². The lowest BCUT2D eigenvalue weighted by atomic mass is 10.1. The number of halogens is 1. The topological polar surface area (TPSA) is 84.3 Å². The lowest BCUT2D eigenvalue weighted by Gasteiger charge is -2.12. The van der Waals surface area contributed by atoms with Crippen molar-refractivity contribution < 1.29 is 9.72 Å². The molecule has 6 nitrogen and oxygen atoms in total. The normalized spacial score (nSPS) is 17.4. The molecule has 1 aromatic carbocycles. The molecule has 1 amide bonds. The summed E-state index contributed by atoms with van der Waals surface area (Å²) in [6.07, 6.45) is 1.85. The van der Waals surface area contributed by atoms with E-state index in [0.717, 1.165) is 24.9 Å². The highest BCUT2D eigenvalue weighted by Crippen LogP contribution is 2.20. The van der Waals surface area contributed by atoms with Crippen LogP contribution in [0.15, 0.2) is 18.2 Å². The first-order valence-corrected chi connectivity index (χ1v) is 6.33. The molecule has 1 atom stereocenters. The van der Waals surface area contributed by atoms with Crippen molar-refractivity contribution in [3.8, 4) is 0 Å². The van der Waals surface area contributed by atoms with E-state index in [1.807, 2.05) is 0 Å². The maximum Gasteiger partial charge on any atom is 0.272 e. The minimum atomic E-state index is -0.404. The van der Waals surface area contributed by atoms with Crippen LogP contribution in [0.1, 0.15) is 24.0 Å². The molecule has 2 rings (SSSR count). The molecule has 0 aliphatic carbocycles. The first-order chi connectivity index (χ1) is 9.09. The highest BCUT2D eigenvalue weighted by molar-refractivity contribution is 5.85. The first-order valence-electron chi connectivity index (χ1n) is 6.33. The number of nitro benzene ring substituents is 1. The minimum Gasteiger partial charge on any atom is -0.351 e. The van der Waals surface area contributed by atoms with Crippen LogP contribution >= 0.6 is 12.4 Å². The maximum absolute atomic E-state index is 11.8. The largest absolute Gasteiger partial charge is 0.351 e. The number of nitrogens with zero attached hydrogens (tertiary/aromatic N) is 1. The van der Waals surface area contributed by atoms with E-state index in [0.29, 0.717) is 12.1 Å². The van der Waals surface area contributed by atoms with Gasteiger partial charge in [-0.05, 0) is 31.9 Å². The molecule has 1 aliphatic rings. The fraction of sp³-hybridized carbons (Fsp3) is 0.462. The molecule has 1 saturated heterocycles. The molecule has 0 radical (unpaired) electrons.